The van der Waals surface area contributed by atoms with Gasteiger partial charge in [0.05, 0.1) is 11.2 Å². The second-order valence-electron chi connectivity index (χ2n) is 4.20. The highest BCUT2D eigenvalue weighted by Gasteiger charge is 2.08. The summed E-state index contributed by atoms with van der Waals surface area (Å²) in [4.78, 5) is 4.30. The molecule has 0 amide bonds. The summed E-state index contributed by atoms with van der Waals surface area (Å²) in [6.45, 7) is 3.18. The van der Waals surface area contributed by atoms with Crippen molar-refractivity contribution < 1.29 is 0 Å². The van der Waals surface area contributed by atoms with Crippen molar-refractivity contribution in [1.29, 1.82) is 0 Å². The average Bonchev–Trinajstić information content (AvgIpc) is 2.88. The fourth-order valence-electron chi connectivity index (χ4n) is 1.96. The molecule has 0 bridgehead atoms. The van der Waals surface area contributed by atoms with Crippen LogP contribution in [0.4, 0.5) is 0 Å². The zero-order valence-electron chi connectivity index (χ0n) is 10.4. The van der Waals surface area contributed by atoms with Crippen molar-refractivity contribution in [2.24, 2.45) is 0 Å². The van der Waals surface area contributed by atoms with Crippen LogP contribution in [0.5, 0.6) is 0 Å². The van der Waals surface area contributed by atoms with E-state index in [1.807, 2.05) is 5.51 Å². The minimum Gasteiger partial charge on any atom is -0.310 e. The van der Waals surface area contributed by atoms with E-state index in [1.165, 1.54) is 11.3 Å². The van der Waals surface area contributed by atoms with E-state index >= 15 is 0 Å². The van der Waals surface area contributed by atoms with Crippen LogP contribution in [-0.2, 0) is 6.42 Å². The van der Waals surface area contributed by atoms with Gasteiger partial charge in [0, 0.05) is 28.9 Å². The molecule has 2 rings (SSSR count). The molecule has 18 heavy (non-hydrogen) atoms. The molecule has 1 atom stereocenters. The average molecular weight is 325 g/mol. The summed E-state index contributed by atoms with van der Waals surface area (Å²) in [6.07, 6.45) is 2.08. The lowest BCUT2D eigenvalue weighted by Gasteiger charge is -2.17. The highest BCUT2D eigenvalue weighted by Crippen LogP contribution is 2.20. The molecular weight excluding hydrogens is 308 g/mol. The van der Waals surface area contributed by atoms with Crippen LogP contribution in [0.15, 0.2) is 39.6 Å². The lowest BCUT2D eigenvalue weighted by Crippen LogP contribution is -2.23. The van der Waals surface area contributed by atoms with Crippen LogP contribution in [0.1, 0.15) is 30.6 Å². The Bertz CT molecular complexity index is 470. The monoisotopic (exact) mass is 324 g/mol. The molecule has 0 aliphatic heterocycles. The highest BCUT2D eigenvalue weighted by molar-refractivity contribution is 9.10. The van der Waals surface area contributed by atoms with Crippen molar-refractivity contribution in [1.82, 2.24) is 10.3 Å². The number of hydrogen-bond donors (Lipinski definition) is 1. The topological polar surface area (TPSA) is 24.9 Å². The first-order valence-corrected chi connectivity index (χ1v) is 7.89. The van der Waals surface area contributed by atoms with Gasteiger partial charge in [-0.25, -0.2) is 4.98 Å². The summed E-state index contributed by atoms with van der Waals surface area (Å²) in [7, 11) is 0. The third-order valence-corrected chi connectivity index (χ3v) is 4.04. The standard InChI is InChI=1S/C14H17BrN2S/c1-2-14(11-4-3-5-12(15)8-11)16-7-6-13-9-18-10-17-13/h3-5,8-10,14,16H,2,6-7H2,1H3. The van der Waals surface area contributed by atoms with E-state index in [-0.39, 0.29) is 0 Å². The van der Waals surface area contributed by atoms with Crippen molar-refractivity contribution in [3.8, 4) is 0 Å². The first kappa shape index (κ1) is 13.7. The summed E-state index contributed by atoms with van der Waals surface area (Å²) >= 11 is 5.18. The molecule has 2 aromatic rings. The summed E-state index contributed by atoms with van der Waals surface area (Å²) in [6, 6.07) is 8.93. The van der Waals surface area contributed by atoms with Gasteiger partial charge in [-0.15, -0.1) is 11.3 Å². The van der Waals surface area contributed by atoms with Crippen molar-refractivity contribution in [2.45, 2.75) is 25.8 Å². The Morgan fingerprint density at radius 1 is 1.44 bits per heavy atom. The number of halogens is 1. The summed E-state index contributed by atoms with van der Waals surface area (Å²) < 4.78 is 1.14. The maximum atomic E-state index is 4.30. The Balaban J connectivity index is 1.89. The minimum atomic E-state index is 0.418. The molecule has 0 aliphatic rings. The number of nitrogens with zero attached hydrogens (tertiary/aromatic N) is 1. The van der Waals surface area contributed by atoms with Gasteiger partial charge in [-0.05, 0) is 24.1 Å². The molecule has 1 unspecified atom stereocenters. The molecule has 1 aromatic heterocycles. The molecule has 0 saturated heterocycles. The summed E-state index contributed by atoms with van der Waals surface area (Å²) in [5.74, 6) is 0. The SMILES string of the molecule is CCC(NCCc1cscn1)c1cccc(Br)c1. The fraction of sp³-hybridized carbons (Fsp3) is 0.357. The van der Waals surface area contributed by atoms with Crippen LogP contribution >= 0.6 is 27.3 Å². The molecule has 0 spiro atoms. The lowest BCUT2D eigenvalue weighted by atomic mass is 10.0. The Morgan fingerprint density at radius 3 is 3.00 bits per heavy atom. The van der Waals surface area contributed by atoms with Gasteiger partial charge in [-0.2, -0.15) is 0 Å². The third kappa shape index (κ3) is 3.90. The zero-order valence-corrected chi connectivity index (χ0v) is 12.8. The van der Waals surface area contributed by atoms with Crippen LogP contribution in [0, 0.1) is 0 Å². The number of aromatic nitrogens is 1. The number of hydrogen-bond acceptors (Lipinski definition) is 3. The number of thiazole rings is 1. The van der Waals surface area contributed by atoms with Gasteiger partial charge >= 0.3 is 0 Å². The van der Waals surface area contributed by atoms with E-state index in [1.54, 1.807) is 11.3 Å². The number of rotatable bonds is 6. The van der Waals surface area contributed by atoms with Gasteiger partial charge in [0.2, 0.25) is 0 Å². The Morgan fingerprint density at radius 2 is 2.33 bits per heavy atom. The summed E-state index contributed by atoms with van der Waals surface area (Å²) in [5.41, 5.74) is 4.41. The highest BCUT2D eigenvalue weighted by atomic mass is 79.9. The molecule has 96 valence electrons. The molecule has 1 N–H and O–H groups in total. The van der Waals surface area contributed by atoms with E-state index in [2.05, 4.69) is 62.8 Å². The predicted molar refractivity (Wildman–Crippen MR) is 81.0 cm³/mol. The second-order valence-corrected chi connectivity index (χ2v) is 5.83. The van der Waals surface area contributed by atoms with Crippen LogP contribution in [-0.4, -0.2) is 11.5 Å². The third-order valence-electron chi connectivity index (χ3n) is 2.91. The Kier molecular flexibility index (Phi) is 5.35. The van der Waals surface area contributed by atoms with E-state index < -0.39 is 0 Å². The molecule has 0 aliphatic carbocycles. The van der Waals surface area contributed by atoms with Gasteiger partial charge in [0.25, 0.3) is 0 Å². The Hall–Kier alpha value is -0.710. The fourth-order valence-corrected chi connectivity index (χ4v) is 2.97. The molecule has 1 aromatic carbocycles. The smallest absolute Gasteiger partial charge is 0.0794 e. The molecular formula is C14H17BrN2S. The predicted octanol–water partition coefficient (Wildman–Crippen LogP) is 4.19. The Labute approximate surface area is 121 Å². The van der Waals surface area contributed by atoms with Crippen LogP contribution < -0.4 is 5.32 Å². The van der Waals surface area contributed by atoms with Crippen molar-refractivity contribution >= 4 is 27.3 Å². The van der Waals surface area contributed by atoms with Gasteiger partial charge < -0.3 is 5.32 Å². The van der Waals surface area contributed by atoms with Gasteiger partial charge in [0.1, 0.15) is 0 Å². The van der Waals surface area contributed by atoms with Crippen molar-refractivity contribution in [2.75, 3.05) is 6.54 Å². The van der Waals surface area contributed by atoms with E-state index in [4.69, 9.17) is 0 Å². The zero-order chi connectivity index (χ0) is 12.8. The maximum Gasteiger partial charge on any atom is 0.0794 e. The van der Waals surface area contributed by atoms with Crippen LogP contribution in [0.25, 0.3) is 0 Å². The molecule has 0 saturated carbocycles. The van der Waals surface area contributed by atoms with Crippen molar-refractivity contribution in [3.63, 3.8) is 0 Å². The second kappa shape index (κ2) is 7.02. The van der Waals surface area contributed by atoms with E-state index in [0.29, 0.717) is 6.04 Å². The molecule has 4 heteroatoms. The van der Waals surface area contributed by atoms with Crippen LogP contribution in [0.3, 0.4) is 0 Å². The quantitative estimate of drug-likeness (QED) is 0.861. The molecule has 0 fully saturated rings. The normalized spacial score (nSPS) is 12.6. The molecule has 0 radical (unpaired) electrons. The van der Waals surface area contributed by atoms with Gasteiger partial charge in [0.15, 0.2) is 0 Å². The number of nitrogens with one attached hydrogen (secondary N) is 1. The summed E-state index contributed by atoms with van der Waals surface area (Å²) in [5, 5.41) is 5.71. The lowest BCUT2D eigenvalue weighted by molar-refractivity contribution is 0.521. The van der Waals surface area contributed by atoms with Gasteiger partial charge in [-0.1, -0.05) is 35.0 Å². The minimum absolute atomic E-state index is 0.418. The van der Waals surface area contributed by atoms with Crippen molar-refractivity contribution in [3.05, 3.63) is 50.9 Å². The van der Waals surface area contributed by atoms with Gasteiger partial charge in [-0.3, -0.25) is 0 Å². The number of benzene rings is 1. The maximum absolute atomic E-state index is 4.30. The molecule has 2 nitrogen and oxygen atoms in total. The van der Waals surface area contributed by atoms with E-state index in [0.717, 1.165) is 23.9 Å². The largest absolute Gasteiger partial charge is 0.310 e. The first-order chi connectivity index (χ1) is 8.79. The van der Waals surface area contributed by atoms with Crippen LogP contribution in [0.2, 0.25) is 0 Å². The van der Waals surface area contributed by atoms with E-state index in [9.17, 15) is 0 Å². The molecule has 1 heterocycles. The first-order valence-electron chi connectivity index (χ1n) is 6.15.